The van der Waals surface area contributed by atoms with E-state index in [4.69, 9.17) is 21.1 Å². The van der Waals surface area contributed by atoms with Crippen LogP contribution in [-0.4, -0.2) is 29.7 Å². The number of carbonyl (C=O) groups excluding carboxylic acids is 1. The molecule has 1 heterocycles. The zero-order chi connectivity index (χ0) is 14.3. The summed E-state index contributed by atoms with van der Waals surface area (Å²) in [4.78, 5) is 20.2. The predicted molar refractivity (Wildman–Crippen MR) is 72.2 cm³/mol. The highest BCUT2D eigenvalue weighted by molar-refractivity contribution is 6.17. The lowest BCUT2D eigenvalue weighted by atomic mass is 10.2. The second kappa shape index (κ2) is 8.07. The topological polar surface area (TPSA) is 61.3 Å². The van der Waals surface area contributed by atoms with E-state index in [0.29, 0.717) is 23.7 Å². The lowest BCUT2D eigenvalue weighted by molar-refractivity contribution is 0.0522. The second-order valence-corrected chi connectivity index (χ2v) is 4.22. The lowest BCUT2D eigenvalue weighted by Crippen LogP contribution is -2.14. The Morgan fingerprint density at radius 1 is 1.47 bits per heavy atom. The van der Waals surface area contributed by atoms with Crippen LogP contribution in [0.15, 0.2) is 6.20 Å². The fraction of sp³-hybridized carbons (Fsp3) is 0.615. The van der Waals surface area contributed by atoms with Crippen LogP contribution in [0.1, 0.15) is 54.7 Å². The monoisotopic (exact) mass is 286 g/mol. The number of methoxy groups -OCH3 is 1. The van der Waals surface area contributed by atoms with Gasteiger partial charge in [-0.25, -0.2) is 14.8 Å². The highest BCUT2D eigenvalue weighted by Gasteiger charge is 2.19. The summed E-state index contributed by atoms with van der Waals surface area (Å²) in [7, 11) is 1.61. The fourth-order valence-electron chi connectivity index (χ4n) is 1.68. The first-order valence-electron chi connectivity index (χ1n) is 6.29. The number of hydrogen-bond acceptors (Lipinski definition) is 5. The van der Waals surface area contributed by atoms with Gasteiger partial charge in [-0.1, -0.05) is 13.3 Å². The minimum absolute atomic E-state index is 0.131. The average Bonchev–Trinajstić information content (AvgIpc) is 2.44. The molecule has 0 aliphatic rings. The molecule has 0 bridgehead atoms. The Morgan fingerprint density at radius 3 is 2.74 bits per heavy atom. The number of rotatable bonds is 7. The van der Waals surface area contributed by atoms with Crippen molar-refractivity contribution >= 4 is 17.6 Å². The van der Waals surface area contributed by atoms with Gasteiger partial charge in [0.25, 0.3) is 0 Å². The van der Waals surface area contributed by atoms with E-state index < -0.39 is 5.97 Å². The minimum Gasteiger partial charge on any atom is -0.462 e. The van der Waals surface area contributed by atoms with Gasteiger partial charge in [0.2, 0.25) is 0 Å². The van der Waals surface area contributed by atoms with E-state index in [2.05, 4.69) is 16.9 Å². The Bertz CT molecular complexity index is 426. The van der Waals surface area contributed by atoms with Crippen LogP contribution >= 0.6 is 11.6 Å². The summed E-state index contributed by atoms with van der Waals surface area (Å²) in [6, 6.07) is 0. The molecular formula is C13H19ClN2O3. The number of halogens is 1. The third-order valence-corrected chi connectivity index (χ3v) is 2.88. The molecule has 1 rings (SSSR count). The standard InChI is InChI=1S/C13H19ClN2O3/c1-4-6-11(18-3)12-15-8-9(10(7-14)16-12)13(17)19-5-2/h8,11H,4-7H2,1-3H3. The van der Waals surface area contributed by atoms with E-state index >= 15 is 0 Å². The van der Waals surface area contributed by atoms with E-state index in [1.54, 1.807) is 14.0 Å². The first-order valence-corrected chi connectivity index (χ1v) is 6.83. The molecule has 1 aromatic rings. The van der Waals surface area contributed by atoms with Gasteiger partial charge in [-0.05, 0) is 13.3 Å². The van der Waals surface area contributed by atoms with Crippen LogP contribution in [0.5, 0.6) is 0 Å². The number of nitrogens with zero attached hydrogens (tertiary/aromatic N) is 2. The number of carbonyl (C=O) groups is 1. The molecule has 0 saturated heterocycles. The van der Waals surface area contributed by atoms with Crippen molar-refractivity contribution in [2.75, 3.05) is 13.7 Å². The van der Waals surface area contributed by atoms with Crippen LogP contribution in [-0.2, 0) is 15.4 Å². The quantitative estimate of drug-likeness (QED) is 0.570. The van der Waals surface area contributed by atoms with Crippen LogP contribution in [0.2, 0.25) is 0 Å². The largest absolute Gasteiger partial charge is 0.462 e. The van der Waals surface area contributed by atoms with Crippen LogP contribution in [0, 0.1) is 0 Å². The fourth-order valence-corrected chi connectivity index (χ4v) is 1.89. The highest BCUT2D eigenvalue weighted by atomic mass is 35.5. The zero-order valence-corrected chi connectivity index (χ0v) is 12.2. The molecule has 0 aromatic carbocycles. The van der Waals surface area contributed by atoms with Gasteiger partial charge in [-0.2, -0.15) is 0 Å². The summed E-state index contributed by atoms with van der Waals surface area (Å²) in [6.45, 7) is 4.11. The normalized spacial score (nSPS) is 12.2. The second-order valence-electron chi connectivity index (χ2n) is 3.96. The number of aromatic nitrogens is 2. The van der Waals surface area contributed by atoms with Crippen molar-refractivity contribution in [1.82, 2.24) is 9.97 Å². The Kier molecular flexibility index (Phi) is 6.73. The summed E-state index contributed by atoms with van der Waals surface area (Å²) in [6.07, 6.45) is 3.05. The Morgan fingerprint density at radius 2 is 2.21 bits per heavy atom. The van der Waals surface area contributed by atoms with Crippen LogP contribution < -0.4 is 0 Å². The third-order valence-electron chi connectivity index (χ3n) is 2.63. The lowest BCUT2D eigenvalue weighted by Gasteiger charge is -2.14. The van der Waals surface area contributed by atoms with Gasteiger partial charge in [-0.3, -0.25) is 0 Å². The molecule has 0 radical (unpaired) electrons. The average molecular weight is 287 g/mol. The molecule has 0 aliphatic heterocycles. The van der Waals surface area contributed by atoms with Crippen molar-refractivity contribution in [2.24, 2.45) is 0 Å². The van der Waals surface area contributed by atoms with Gasteiger partial charge < -0.3 is 9.47 Å². The van der Waals surface area contributed by atoms with E-state index in [1.807, 2.05) is 0 Å². The maximum Gasteiger partial charge on any atom is 0.341 e. The molecule has 1 aromatic heterocycles. The van der Waals surface area contributed by atoms with Gasteiger partial charge in [0.15, 0.2) is 5.82 Å². The Hall–Kier alpha value is -1.20. The smallest absolute Gasteiger partial charge is 0.341 e. The molecule has 0 amide bonds. The van der Waals surface area contributed by atoms with E-state index in [9.17, 15) is 4.79 Å². The zero-order valence-electron chi connectivity index (χ0n) is 11.5. The Labute approximate surface area is 118 Å². The summed E-state index contributed by atoms with van der Waals surface area (Å²) in [5.74, 6) is 0.230. The molecule has 0 aliphatic carbocycles. The molecule has 5 nitrogen and oxygen atoms in total. The van der Waals surface area contributed by atoms with E-state index in [1.165, 1.54) is 6.20 Å². The summed E-state index contributed by atoms with van der Waals surface area (Å²) < 4.78 is 10.3. The molecule has 19 heavy (non-hydrogen) atoms. The van der Waals surface area contributed by atoms with Crippen LogP contribution in [0.25, 0.3) is 0 Å². The summed E-state index contributed by atoms with van der Waals surface area (Å²) >= 11 is 5.83. The van der Waals surface area contributed by atoms with Crippen molar-refractivity contribution < 1.29 is 14.3 Å². The van der Waals surface area contributed by atoms with Crippen molar-refractivity contribution in [3.05, 3.63) is 23.3 Å². The molecule has 106 valence electrons. The van der Waals surface area contributed by atoms with E-state index in [-0.39, 0.29) is 12.0 Å². The third kappa shape index (κ3) is 4.14. The number of alkyl halides is 1. The van der Waals surface area contributed by atoms with Gasteiger partial charge in [0.05, 0.1) is 18.2 Å². The maximum atomic E-state index is 11.7. The van der Waals surface area contributed by atoms with Gasteiger partial charge in [0.1, 0.15) is 11.7 Å². The molecule has 0 N–H and O–H groups in total. The molecular weight excluding hydrogens is 268 g/mol. The molecule has 6 heteroatoms. The van der Waals surface area contributed by atoms with Crippen molar-refractivity contribution in [3.63, 3.8) is 0 Å². The SMILES string of the molecule is CCCC(OC)c1ncc(C(=O)OCC)c(CCl)n1. The van der Waals surface area contributed by atoms with E-state index in [0.717, 1.165) is 12.8 Å². The first-order chi connectivity index (χ1) is 9.17. The Balaban J connectivity index is 3.04. The molecule has 0 saturated carbocycles. The van der Waals surface area contributed by atoms with Gasteiger partial charge in [-0.15, -0.1) is 11.6 Å². The van der Waals surface area contributed by atoms with Crippen molar-refractivity contribution in [3.8, 4) is 0 Å². The molecule has 0 fully saturated rings. The number of hydrogen-bond donors (Lipinski definition) is 0. The van der Waals surface area contributed by atoms with Gasteiger partial charge >= 0.3 is 5.97 Å². The number of ether oxygens (including phenoxy) is 2. The number of esters is 1. The highest BCUT2D eigenvalue weighted by Crippen LogP contribution is 2.20. The molecule has 1 unspecified atom stereocenters. The summed E-state index contributed by atoms with van der Waals surface area (Å²) in [5, 5.41) is 0. The maximum absolute atomic E-state index is 11.7. The minimum atomic E-state index is -0.450. The van der Waals surface area contributed by atoms with Gasteiger partial charge in [0, 0.05) is 13.3 Å². The van der Waals surface area contributed by atoms with Crippen LogP contribution in [0.4, 0.5) is 0 Å². The van der Waals surface area contributed by atoms with Crippen molar-refractivity contribution in [2.45, 2.75) is 38.7 Å². The van der Waals surface area contributed by atoms with Crippen molar-refractivity contribution in [1.29, 1.82) is 0 Å². The van der Waals surface area contributed by atoms with Crippen LogP contribution in [0.3, 0.4) is 0 Å². The molecule has 1 atom stereocenters. The summed E-state index contributed by atoms with van der Waals surface area (Å²) in [5.41, 5.74) is 0.787. The first kappa shape index (κ1) is 15.9. The predicted octanol–water partition coefficient (Wildman–Crippen LogP) is 2.88. The molecule has 0 spiro atoms.